The van der Waals surface area contributed by atoms with Gasteiger partial charge < -0.3 is 15.7 Å². The van der Waals surface area contributed by atoms with Crippen LogP contribution in [-0.4, -0.2) is 34.8 Å². The van der Waals surface area contributed by atoms with E-state index in [2.05, 4.69) is 41.4 Å². The fraction of sp³-hybridized carbons (Fsp3) is 0.750. The number of aliphatic hydroxyl groups is 1. The normalized spacial score (nSPS) is 21.8. The van der Waals surface area contributed by atoms with Crippen molar-refractivity contribution in [3.05, 3.63) is 11.9 Å². The van der Waals surface area contributed by atoms with E-state index in [1.54, 1.807) is 0 Å². The highest BCUT2D eigenvalue weighted by molar-refractivity contribution is 5.47. The second-order valence-corrected chi connectivity index (χ2v) is 6.20. The third kappa shape index (κ3) is 4.30. The van der Waals surface area contributed by atoms with Crippen LogP contribution in [0.15, 0.2) is 6.07 Å². The number of aromatic nitrogens is 2. The Labute approximate surface area is 127 Å². The van der Waals surface area contributed by atoms with E-state index in [0.717, 1.165) is 37.0 Å². The van der Waals surface area contributed by atoms with Gasteiger partial charge in [0.2, 0.25) is 0 Å². The first-order chi connectivity index (χ1) is 10.1. The molecule has 5 heteroatoms. The molecule has 0 bridgehead atoms. The summed E-state index contributed by atoms with van der Waals surface area (Å²) in [6, 6.07) is 1.97. The minimum atomic E-state index is 0.302. The summed E-state index contributed by atoms with van der Waals surface area (Å²) < 4.78 is 0. The van der Waals surface area contributed by atoms with Crippen LogP contribution in [0.3, 0.4) is 0 Å². The summed E-state index contributed by atoms with van der Waals surface area (Å²) in [5.74, 6) is 3.92. The zero-order chi connectivity index (χ0) is 15.2. The number of hydrogen-bond donors (Lipinski definition) is 3. The lowest BCUT2D eigenvalue weighted by molar-refractivity contribution is 0.199. The predicted octanol–water partition coefficient (Wildman–Crippen LogP) is 2.85. The van der Waals surface area contributed by atoms with Crippen molar-refractivity contribution in [1.29, 1.82) is 0 Å². The SMILES string of the molecule is CCNc1cc(NCC2CCCC2CO)nc(C(C)C)n1. The number of anilines is 2. The highest BCUT2D eigenvalue weighted by Gasteiger charge is 2.26. The fourth-order valence-corrected chi connectivity index (χ4v) is 2.94. The lowest BCUT2D eigenvalue weighted by Crippen LogP contribution is -2.21. The average Bonchev–Trinajstić information content (AvgIpc) is 2.92. The Morgan fingerprint density at radius 2 is 1.86 bits per heavy atom. The van der Waals surface area contributed by atoms with Crippen LogP contribution in [0.1, 0.15) is 51.8 Å². The summed E-state index contributed by atoms with van der Waals surface area (Å²) in [7, 11) is 0. The minimum Gasteiger partial charge on any atom is -0.396 e. The summed E-state index contributed by atoms with van der Waals surface area (Å²) in [5.41, 5.74) is 0. The highest BCUT2D eigenvalue weighted by atomic mass is 16.3. The van der Waals surface area contributed by atoms with Gasteiger partial charge >= 0.3 is 0 Å². The summed E-state index contributed by atoms with van der Waals surface area (Å²) >= 11 is 0. The van der Waals surface area contributed by atoms with Crippen LogP contribution in [0.2, 0.25) is 0 Å². The maximum atomic E-state index is 9.40. The van der Waals surface area contributed by atoms with Crippen LogP contribution in [0, 0.1) is 11.8 Å². The van der Waals surface area contributed by atoms with Crippen LogP contribution in [0.5, 0.6) is 0 Å². The monoisotopic (exact) mass is 292 g/mol. The molecule has 0 aliphatic heterocycles. The van der Waals surface area contributed by atoms with Gasteiger partial charge in [-0.3, -0.25) is 0 Å². The first-order valence-corrected chi connectivity index (χ1v) is 8.11. The van der Waals surface area contributed by atoms with E-state index in [4.69, 9.17) is 0 Å². The average molecular weight is 292 g/mol. The molecule has 1 aliphatic carbocycles. The predicted molar refractivity (Wildman–Crippen MR) is 86.7 cm³/mol. The second kappa shape index (κ2) is 7.59. The highest BCUT2D eigenvalue weighted by Crippen LogP contribution is 2.31. The van der Waals surface area contributed by atoms with E-state index in [9.17, 15) is 5.11 Å². The van der Waals surface area contributed by atoms with Gasteiger partial charge in [-0.05, 0) is 31.6 Å². The minimum absolute atomic E-state index is 0.302. The van der Waals surface area contributed by atoms with Gasteiger partial charge in [-0.25, -0.2) is 9.97 Å². The van der Waals surface area contributed by atoms with Crippen LogP contribution in [0.4, 0.5) is 11.6 Å². The van der Waals surface area contributed by atoms with Crippen molar-refractivity contribution in [2.24, 2.45) is 11.8 Å². The topological polar surface area (TPSA) is 70.1 Å². The third-order valence-electron chi connectivity index (χ3n) is 4.21. The molecule has 1 fully saturated rings. The van der Waals surface area contributed by atoms with E-state index in [0.29, 0.717) is 24.4 Å². The molecule has 0 aromatic carbocycles. The van der Waals surface area contributed by atoms with Crippen LogP contribution in [0.25, 0.3) is 0 Å². The van der Waals surface area contributed by atoms with E-state index in [-0.39, 0.29) is 0 Å². The number of nitrogens with zero attached hydrogens (tertiary/aromatic N) is 2. The Morgan fingerprint density at radius 1 is 1.19 bits per heavy atom. The maximum absolute atomic E-state index is 9.40. The molecule has 1 aliphatic rings. The molecule has 2 atom stereocenters. The van der Waals surface area contributed by atoms with Gasteiger partial charge in [-0.15, -0.1) is 0 Å². The smallest absolute Gasteiger partial charge is 0.135 e. The summed E-state index contributed by atoms with van der Waals surface area (Å²) in [5, 5.41) is 16.1. The fourth-order valence-electron chi connectivity index (χ4n) is 2.94. The summed E-state index contributed by atoms with van der Waals surface area (Å²) in [4.78, 5) is 9.13. The van der Waals surface area contributed by atoms with Crippen LogP contribution >= 0.6 is 0 Å². The Balaban J connectivity index is 2.04. The van der Waals surface area contributed by atoms with Crippen molar-refractivity contribution in [3.8, 4) is 0 Å². The van der Waals surface area contributed by atoms with Gasteiger partial charge in [0, 0.05) is 31.7 Å². The first kappa shape index (κ1) is 16.0. The number of aliphatic hydroxyl groups excluding tert-OH is 1. The van der Waals surface area contributed by atoms with Crippen molar-refractivity contribution >= 4 is 11.6 Å². The Morgan fingerprint density at radius 3 is 2.48 bits per heavy atom. The second-order valence-electron chi connectivity index (χ2n) is 6.20. The van der Waals surface area contributed by atoms with Crippen molar-refractivity contribution < 1.29 is 5.11 Å². The molecule has 1 saturated carbocycles. The van der Waals surface area contributed by atoms with Crippen molar-refractivity contribution in [3.63, 3.8) is 0 Å². The molecule has 0 saturated heterocycles. The zero-order valence-electron chi connectivity index (χ0n) is 13.4. The van der Waals surface area contributed by atoms with Gasteiger partial charge in [0.1, 0.15) is 17.5 Å². The third-order valence-corrected chi connectivity index (χ3v) is 4.21. The van der Waals surface area contributed by atoms with Gasteiger partial charge in [-0.2, -0.15) is 0 Å². The Hall–Kier alpha value is -1.36. The molecule has 0 amide bonds. The van der Waals surface area contributed by atoms with E-state index >= 15 is 0 Å². The molecular weight excluding hydrogens is 264 g/mol. The molecular formula is C16H28N4O. The Bertz CT molecular complexity index is 450. The summed E-state index contributed by atoms with van der Waals surface area (Å²) in [6.07, 6.45) is 3.56. The maximum Gasteiger partial charge on any atom is 0.135 e. The van der Waals surface area contributed by atoms with Gasteiger partial charge in [-0.1, -0.05) is 20.3 Å². The zero-order valence-corrected chi connectivity index (χ0v) is 13.4. The molecule has 21 heavy (non-hydrogen) atoms. The number of nitrogens with one attached hydrogen (secondary N) is 2. The first-order valence-electron chi connectivity index (χ1n) is 8.11. The van der Waals surface area contributed by atoms with Crippen molar-refractivity contribution in [2.75, 3.05) is 30.3 Å². The molecule has 1 aromatic rings. The van der Waals surface area contributed by atoms with Crippen LogP contribution < -0.4 is 10.6 Å². The van der Waals surface area contributed by atoms with Gasteiger partial charge in [0.05, 0.1) is 0 Å². The summed E-state index contributed by atoms with van der Waals surface area (Å²) in [6.45, 7) is 8.31. The largest absolute Gasteiger partial charge is 0.396 e. The molecule has 118 valence electrons. The number of rotatable bonds is 7. The number of hydrogen-bond acceptors (Lipinski definition) is 5. The molecule has 3 N–H and O–H groups in total. The lowest BCUT2D eigenvalue weighted by atomic mass is 9.97. The van der Waals surface area contributed by atoms with Crippen molar-refractivity contribution in [2.45, 2.75) is 46.0 Å². The van der Waals surface area contributed by atoms with E-state index < -0.39 is 0 Å². The molecule has 1 heterocycles. The van der Waals surface area contributed by atoms with E-state index in [1.165, 1.54) is 12.8 Å². The standard InChI is InChI=1S/C16H28N4O/c1-4-17-14-8-15(20-16(19-14)11(2)3)18-9-12-6-5-7-13(12)10-21/h8,11-13,21H,4-7,9-10H2,1-3H3,(H2,17,18,19,20). The molecule has 5 nitrogen and oxygen atoms in total. The van der Waals surface area contributed by atoms with Crippen molar-refractivity contribution in [1.82, 2.24) is 9.97 Å². The molecule has 0 spiro atoms. The molecule has 1 aromatic heterocycles. The van der Waals surface area contributed by atoms with Gasteiger partial charge in [0.15, 0.2) is 0 Å². The lowest BCUT2D eigenvalue weighted by Gasteiger charge is -2.19. The van der Waals surface area contributed by atoms with E-state index in [1.807, 2.05) is 6.07 Å². The van der Waals surface area contributed by atoms with Crippen LogP contribution in [-0.2, 0) is 0 Å². The Kier molecular flexibility index (Phi) is 5.79. The molecule has 2 unspecified atom stereocenters. The molecule has 0 radical (unpaired) electrons. The quantitative estimate of drug-likeness (QED) is 0.721. The molecule has 2 rings (SSSR count). The van der Waals surface area contributed by atoms with Gasteiger partial charge in [0.25, 0.3) is 0 Å².